The van der Waals surface area contributed by atoms with E-state index < -0.39 is 0 Å². The molecule has 158 valence electrons. The Morgan fingerprint density at radius 2 is 1.83 bits per heavy atom. The third-order valence-electron chi connectivity index (χ3n) is 5.67. The maximum absolute atomic E-state index is 13.1. The SMILES string of the molecule is COc1ccc(NC(=O)N2CCC3(CC2)SCCN3C(=O)c2cccc(Cl)c2)cc1. The highest BCUT2D eigenvalue weighted by molar-refractivity contribution is 8.00. The zero-order chi connectivity index (χ0) is 21.1. The van der Waals surface area contributed by atoms with Gasteiger partial charge in [0.1, 0.15) is 5.75 Å². The number of amides is 3. The molecule has 8 heteroatoms. The maximum atomic E-state index is 13.1. The summed E-state index contributed by atoms with van der Waals surface area (Å²) in [5.74, 6) is 1.67. The lowest BCUT2D eigenvalue weighted by Gasteiger charge is -2.44. The van der Waals surface area contributed by atoms with Crippen LogP contribution in [0.5, 0.6) is 5.75 Å². The standard InChI is InChI=1S/C22H24ClN3O3S/c1-29-19-7-5-18(6-8-19)24-21(28)25-11-9-22(10-12-25)26(13-14-30-22)20(27)16-3-2-4-17(23)15-16/h2-8,15H,9-14H2,1H3,(H,24,28). The summed E-state index contributed by atoms with van der Waals surface area (Å²) in [6.07, 6.45) is 1.50. The van der Waals surface area contributed by atoms with E-state index in [1.54, 1.807) is 25.3 Å². The Bertz CT molecular complexity index is 929. The number of methoxy groups -OCH3 is 1. The fourth-order valence-corrected chi connectivity index (χ4v) is 5.67. The number of hydrogen-bond acceptors (Lipinski definition) is 4. The van der Waals surface area contributed by atoms with E-state index in [1.807, 2.05) is 51.9 Å². The molecule has 3 amide bonds. The molecule has 1 N–H and O–H groups in total. The largest absolute Gasteiger partial charge is 0.497 e. The van der Waals surface area contributed by atoms with Crippen molar-refractivity contribution >= 4 is 41.0 Å². The van der Waals surface area contributed by atoms with Gasteiger partial charge in [0.25, 0.3) is 5.91 Å². The first-order valence-electron chi connectivity index (χ1n) is 9.92. The molecule has 0 aliphatic carbocycles. The number of nitrogens with zero attached hydrogens (tertiary/aromatic N) is 2. The summed E-state index contributed by atoms with van der Waals surface area (Å²) < 4.78 is 5.15. The fourth-order valence-electron chi connectivity index (χ4n) is 4.02. The molecule has 0 aromatic heterocycles. The van der Waals surface area contributed by atoms with Crippen molar-refractivity contribution in [1.82, 2.24) is 9.80 Å². The van der Waals surface area contributed by atoms with Gasteiger partial charge in [-0.2, -0.15) is 0 Å². The number of ether oxygens (including phenoxy) is 1. The van der Waals surface area contributed by atoms with Crippen LogP contribution in [-0.4, -0.2) is 59.1 Å². The van der Waals surface area contributed by atoms with Crippen molar-refractivity contribution in [3.63, 3.8) is 0 Å². The van der Waals surface area contributed by atoms with E-state index >= 15 is 0 Å². The van der Waals surface area contributed by atoms with Gasteiger partial charge in [-0.05, 0) is 55.3 Å². The van der Waals surface area contributed by atoms with Crippen molar-refractivity contribution in [2.45, 2.75) is 17.7 Å². The van der Waals surface area contributed by atoms with Crippen LogP contribution in [0, 0.1) is 0 Å². The molecule has 2 aromatic rings. The Hall–Kier alpha value is -2.38. The van der Waals surface area contributed by atoms with E-state index in [-0.39, 0.29) is 16.8 Å². The molecule has 0 atom stereocenters. The van der Waals surface area contributed by atoms with Gasteiger partial charge in [0.2, 0.25) is 0 Å². The van der Waals surface area contributed by atoms with Crippen LogP contribution in [0.3, 0.4) is 0 Å². The molecule has 0 radical (unpaired) electrons. The first-order chi connectivity index (χ1) is 14.5. The van der Waals surface area contributed by atoms with Crippen LogP contribution < -0.4 is 10.1 Å². The monoisotopic (exact) mass is 445 g/mol. The summed E-state index contributed by atoms with van der Waals surface area (Å²) in [4.78, 5) is 29.3. The number of anilines is 1. The highest BCUT2D eigenvalue weighted by Gasteiger charge is 2.47. The van der Waals surface area contributed by atoms with Crippen molar-refractivity contribution in [2.24, 2.45) is 0 Å². The van der Waals surface area contributed by atoms with Crippen LogP contribution in [0.15, 0.2) is 48.5 Å². The molecular weight excluding hydrogens is 422 g/mol. The molecule has 2 aliphatic rings. The lowest BCUT2D eigenvalue weighted by atomic mass is 10.0. The molecule has 6 nitrogen and oxygen atoms in total. The summed E-state index contributed by atoms with van der Waals surface area (Å²) in [7, 11) is 1.61. The number of carbonyl (C=O) groups excluding carboxylic acids is 2. The average molecular weight is 446 g/mol. The van der Waals surface area contributed by atoms with Gasteiger partial charge in [0.15, 0.2) is 0 Å². The summed E-state index contributed by atoms with van der Waals surface area (Å²) in [6, 6.07) is 14.3. The zero-order valence-electron chi connectivity index (χ0n) is 16.8. The van der Waals surface area contributed by atoms with E-state index in [9.17, 15) is 9.59 Å². The summed E-state index contributed by atoms with van der Waals surface area (Å²) in [5.41, 5.74) is 1.35. The number of rotatable bonds is 3. The fraction of sp³-hybridized carbons (Fsp3) is 0.364. The first-order valence-corrected chi connectivity index (χ1v) is 11.3. The van der Waals surface area contributed by atoms with Gasteiger partial charge in [0, 0.05) is 41.7 Å². The average Bonchev–Trinajstić information content (AvgIpc) is 3.17. The molecule has 0 saturated carbocycles. The van der Waals surface area contributed by atoms with Gasteiger partial charge in [0.05, 0.1) is 12.0 Å². The smallest absolute Gasteiger partial charge is 0.321 e. The Balaban J connectivity index is 1.39. The first kappa shape index (κ1) is 20.9. The number of benzene rings is 2. The van der Waals surface area contributed by atoms with E-state index in [4.69, 9.17) is 16.3 Å². The normalized spacial score (nSPS) is 17.8. The zero-order valence-corrected chi connectivity index (χ0v) is 18.3. The van der Waals surface area contributed by atoms with Crippen molar-refractivity contribution in [3.8, 4) is 5.75 Å². The van der Waals surface area contributed by atoms with Crippen LogP contribution in [-0.2, 0) is 0 Å². The Morgan fingerprint density at radius 3 is 2.50 bits per heavy atom. The molecular formula is C22H24ClN3O3S. The summed E-state index contributed by atoms with van der Waals surface area (Å²) >= 11 is 7.90. The van der Waals surface area contributed by atoms with Crippen molar-refractivity contribution < 1.29 is 14.3 Å². The second-order valence-corrected chi connectivity index (χ2v) is 9.30. The van der Waals surface area contributed by atoms with Crippen LogP contribution in [0.1, 0.15) is 23.2 Å². The third kappa shape index (κ3) is 4.23. The van der Waals surface area contributed by atoms with Crippen molar-refractivity contribution in [1.29, 1.82) is 0 Å². The van der Waals surface area contributed by atoms with Gasteiger partial charge in [-0.15, -0.1) is 11.8 Å². The summed E-state index contributed by atoms with van der Waals surface area (Å²) in [5, 5.41) is 3.50. The van der Waals surface area contributed by atoms with Gasteiger partial charge in [-0.25, -0.2) is 4.79 Å². The molecule has 2 heterocycles. The minimum absolute atomic E-state index is 0.0126. The molecule has 2 fully saturated rings. The number of piperidine rings is 1. The Labute approximate surface area is 185 Å². The predicted molar refractivity (Wildman–Crippen MR) is 120 cm³/mol. The maximum Gasteiger partial charge on any atom is 0.321 e. The minimum atomic E-state index is -0.254. The quantitative estimate of drug-likeness (QED) is 0.752. The minimum Gasteiger partial charge on any atom is -0.497 e. The third-order valence-corrected chi connectivity index (χ3v) is 7.46. The van der Waals surface area contributed by atoms with E-state index in [0.29, 0.717) is 30.2 Å². The van der Waals surface area contributed by atoms with E-state index in [1.165, 1.54) is 0 Å². The molecule has 30 heavy (non-hydrogen) atoms. The van der Waals surface area contributed by atoms with Gasteiger partial charge >= 0.3 is 6.03 Å². The number of carbonyl (C=O) groups is 2. The predicted octanol–water partition coefficient (Wildman–Crippen LogP) is 4.56. The molecule has 2 saturated heterocycles. The second kappa shape index (κ2) is 8.78. The van der Waals surface area contributed by atoms with Gasteiger partial charge < -0.3 is 19.9 Å². The van der Waals surface area contributed by atoms with Crippen LogP contribution in [0.4, 0.5) is 10.5 Å². The Kier molecular flexibility index (Phi) is 6.11. The Morgan fingerprint density at radius 1 is 1.10 bits per heavy atom. The van der Waals surface area contributed by atoms with Crippen LogP contribution in [0.25, 0.3) is 0 Å². The summed E-state index contributed by atoms with van der Waals surface area (Å²) in [6.45, 7) is 1.93. The second-order valence-electron chi connectivity index (χ2n) is 7.41. The van der Waals surface area contributed by atoms with E-state index in [2.05, 4.69) is 5.32 Å². The molecule has 2 aliphatic heterocycles. The molecule has 0 unspecified atom stereocenters. The lowest BCUT2D eigenvalue weighted by Crippen LogP contribution is -2.54. The topological polar surface area (TPSA) is 61.9 Å². The van der Waals surface area contributed by atoms with Crippen LogP contribution >= 0.6 is 23.4 Å². The molecule has 2 aromatic carbocycles. The van der Waals surface area contributed by atoms with Crippen molar-refractivity contribution in [3.05, 3.63) is 59.1 Å². The number of halogens is 1. The number of likely N-dealkylation sites (tertiary alicyclic amines) is 1. The number of nitrogens with one attached hydrogen (secondary N) is 1. The van der Waals surface area contributed by atoms with Gasteiger partial charge in [-0.3, -0.25) is 4.79 Å². The number of hydrogen-bond donors (Lipinski definition) is 1. The van der Waals surface area contributed by atoms with Crippen molar-refractivity contribution in [2.75, 3.05) is 37.8 Å². The van der Waals surface area contributed by atoms with Gasteiger partial charge in [-0.1, -0.05) is 17.7 Å². The number of urea groups is 1. The molecule has 4 rings (SSSR count). The van der Waals surface area contributed by atoms with Crippen LogP contribution in [0.2, 0.25) is 5.02 Å². The highest BCUT2D eigenvalue weighted by atomic mass is 35.5. The molecule has 1 spiro atoms. The highest BCUT2D eigenvalue weighted by Crippen LogP contribution is 2.44. The van der Waals surface area contributed by atoms with E-state index in [0.717, 1.165) is 30.0 Å². The molecule has 0 bridgehead atoms. The number of thioether (sulfide) groups is 1. The lowest BCUT2D eigenvalue weighted by molar-refractivity contribution is 0.0585.